The highest BCUT2D eigenvalue weighted by Crippen LogP contribution is 2.42. The zero-order valence-electron chi connectivity index (χ0n) is 28.7. The lowest BCUT2D eigenvalue weighted by Gasteiger charge is -2.24. The van der Waals surface area contributed by atoms with Crippen molar-refractivity contribution in [3.8, 4) is 22.6 Å². The molecule has 0 saturated heterocycles. The highest BCUT2D eigenvalue weighted by molar-refractivity contribution is 5.87. The third-order valence-electron chi connectivity index (χ3n) is 8.10. The van der Waals surface area contributed by atoms with Crippen molar-refractivity contribution in [1.82, 2.24) is 0 Å². The van der Waals surface area contributed by atoms with Crippen LogP contribution in [-0.4, -0.2) is 62.7 Å². The Hall–Kier alpha value is -4.37. The lowest BCUT2D eigenvalue weighted by atomic mass is 9.83. The third-order valence-corrected chi connectivity index (χ3v) is 8.10. The Labute approximate surface area is 284 Å². The number of carbonyl (C=O) groups excluding carboxylic acids is 3. The van der Waals surface area contributed by atoms with Crippen LogP contribution >= 0.6 is 0 Å². The fourth-order valence-electron chi connectivity index (χ4n) is 5.57. The number of carbonyl (C=O) groups is 3. The first-order chi connectivity index (χ1) is 23.0. The molecule has 3 rings (SSSR count). The lowest BCUT2D eigenvalue weighted by Crippen LogP contribution is -2.17. The molecule has 0 bridgehead atoms. The van der Waals surface area contributed by atoms with Gasteiger partial charge >= 0.3 is 17.9 Å². The van der Waals surface area contributed by atoms with Gasteiger partial charge in [0, 0.05) is 40.9 Å². The van der Waals surface area contributed by atoms with Gasteiger partial charge in [0.25, 0.3) is 0 Å². The Kier molecular flexibility index (Phi) is 15.4. The Morgan fingerprint density at radius 3 is 1.79 bits per heavy atom. The zero-order valence-corrected chi connectivity index (χ0v) is 28.7. The second-order valence-electron chi connectivity index (χ2n) is 12.2. The molecule has 1 N–H and O–H groups in total. The van der Waals surface area contributed by atoms with Crippen molar-refractivity contribution < 1.29 is 43.2 Å². The molecule has 9 heteroatoms. The van der Waals surface area contributed by atoms with Crippen LogP contribution < -0.4 is 9.47 Å². The molecule has 2 aromatic rings. The van der Waals surface area contributed by atoms with E-state index in [0.717, 1.165) is 16.7 Å². The fraction of sp³-hybridized carbons (Fsp3) is 0.462. The van der Waals surface area contributed by atoms with Gasteiger partial charge in [-0.3, -0.25) is 0 Å². The molecular weight excluding hydrogens is 612 g/mol. The first-order valence-electron chi connectivity index (χ1n) is 16.7. The van der Waals surface area contributed by atoms with Crippen molar-refractivity contribution in [1.29, 1.82) is 0 Å². The number of aliphatic hydroxyl groups excluding tert-OH is 1. The van der Waals surface area contributed by atoms with Crippen molar-refractivity contribution in [3.05, 3.63) is 83.5 Å². The highest BCUT2D eigenvalue weighted by atomic mass is 16.6. The number of ether oxygens (including phenoxy) is 5. The molecule has 260 valence electrons. The number of hydrogen-bond donors (Lipinski definition) is 1. The molecule has 1 fully saturated rings. The van der Waals surface area contributed by atoms with E-state index >= 15 is 0 Å². The van der Waals surface area contributed by atoms with E-state index in [1.807, 2.05) is 6.07 Å². The number of aliphatic hydroxyl groups is 1. The van der Waals surface area contributed by atoms with Crippen LogP contribution in [-0.2, 0) is 41.4 Å². The quantitative estimate of drug-likeness (QED) is 0.0736. The summed E-state index contributed by atoms with van der Waals surface area (Å²) < 4.78 is 28.7. The maximum atomic E-state index is 12.3. The summed E-state index contributed by atoms with van der Waals surface area (Å²) in [5.41, 5.74) is 5.36. The SMILES string of the molecule is C=C(C)C(=O)OCCOc1cc(-c2ccc(C3CCCCC3)cc2)c(CCOC(=O)C(=C)C)c(OCCOC(=O)C(=C)C)c1CCCO. The molecule has 9 nitrogen and oxygen atoms in total. The number of rotatable bonds is 19. The summed E-state index contributed by atoms with van der Waals surface area (Å²) in [5.74, 6) is 0.00223. The molecule has 1 aliphatic rings. The first-order valence-corrected chi connectivity index (χ1v) is 16.7. The van der Waals surface area contributed by atoms with Crippen LogP contribution in [0.4, 0.5) is 0 Å². The van der Waals surface area contributed by atoms with Gasteiger partial charge in [-0.15, -0.1) is 0 Å². The van der Waals surface area contributed by atoms with Crippen LogP contribution in [0.5, 0.6) is 11.5 Å². The van der Waals surface area contributed by atoms with Crippen molar-refractivity contribution in [2.24, 2.45) is 0 Å². The smallest absolute Gasteiger partial charge is 0.333 e. The molecule has 0 aliphatic heterocycles. The van der Waals surface area contributed by atoms with Crippen LogP contribution in [0.2, 0.25) is 0 Å². The number of hydrogen-bond acceptors (Lipinski definition) is 9. The average molecular weight is 663 g/mol. The minimum Gasteiger partial charge on any atom is -0.490 e. The molecule has 0 amide bonds. The summed E-state index contributed by atoms with van der Waals surface area (Å²) in [6.45, 7) is 15.7. The van der Waals surface area contributed by atoms with Gasteiger partial charge in [0.15, 0.2) is 0 Å². The predicted octanol–water partition coefficient (Wildman–Crippen LogP) is 6.98. The van der Waals surface area contributed by atoms with Gasteiger partial charge in [-0.05, 0) is 75.1 Å². The van der Waals surface area contributed by atoms with Gasteiger partial charge < -0.3 is 28.8 Å². The van der Waals surface area contributed by atoms with E-state index in [2.05, 4.69) is 44.0 Å². The minimum absolute atomic E-state index is 0.00219. The summed E-state index contributed by atoms with van der Waals surface area (Å²) in [6, 6.07) is 10.4. The fourth-order valence-corrected chi connectivity index (χ4v) is 5.57. The second kappa shape index (κ2) is 19.5. The predicted molar refractivity (Wildman–Crippen MR) is 185 cm³/mol. The van der Waals surface area contributed by atoms with E-state index < -0.39 is 17.9 Å². The van der Waals surface area contributed by atoms with Gasteiger partial charge in [0.05, 0.1) is 6.61 Å². The molecule has 48 heavy (non-hydrogen) atoms. The summed E-state index contributed by atoms with van der Waals surface area (Å²) in [7, 11) is 0. The van der Waals surface area contributed by atoms with Crippen molar-refractivity contribution >= 4 is 17.9 Å². The van der Waals surface area contributed by atoms with E-state index in [1.165, 1.54) is 37.7 Å². The molecule has 0 atom stereocenters. The average Bonchev–Trinajstić information content (AvgIpc) is 3.08. The molecule has 1 saturated carbocycles. The Morgan fingerprint density at radius 2 is 1.25 bits per heavy atom. The Morgan fingerprint density at radius 1 is 0.708 bits per heavy atom. The topological polar surface area (TPSA) is 118 Å². The van der Waals surface area contributed by atoms with Crippen LogP contribution in [0, 0.1) is 0 Å². The zero-order chi connectivity index (χ0) is 35.1. The number of esters is 3. The van der Waals surface area contributed by atoms with Crippen molar-refractivity contribution in [3.63, 3.8) is 0 Å². The molecule has 1 aliphatic carbocycles. The monoisotopic (exact) mass is 662 g/mol. The maximum absolute atomic E-state index is 12.3. The van der Waals surface area contributed by atoms with Gasteiger partial charge in [0.1, 0.15) is 37.9 Å². The third kappa shape index (κ3) is 11.4. The largest absolute Gasteiger partial charge is 0.490 e. The van der Waals surface area contributed by atoms with Gasteiger partial charge in [-0.25, -0.2) is 14.4 Å². The highest BCUT2D eigenvalue weighted by Gasteiger charge is 2.23. The van der Waals surface area contributed by atoms with E-state index in [-0.39, 0.29) is 50.8 Å². The summed E-state index contributed by atoms with van der Waals surface area (Å²) in [6.07, 6.45) is 7.24. The summed E-state index contributed by atoms with van der Waals surface area (Å²) in [4.78, 5) is 36.3. The van der Waals surface area contributed by atoms with Crippen LogP contribution in [0.15, 0.2) is 66.8 Å². The van der Waals surface area contributed by atoms with E-state index in [9.17, 15) is 19.5 Å². The van der Waals surface area contributed by atoms with Crippen molar-refractivity contribution in [2.75, 3.05) is 39.6 Å². The normalized spacial score (nSPS) is 12.9. The molecular formula is C39H50O9. The van der Waals surface area contributed by atoms with E-state index in [1.54, 1.807) is 20.8 Å². The van der Waals surface area contributed by atoms with Crippen LogP contribution in [0.25, 0.3) is 11.1 Å². The molecule has 0 unspecified atom stereocenters. The van der Waals surface area contributed by atoms with Gasteiger partial charge in [-0.1, -0.05) is 63.3 Å². The molecule has 0 spiro atoms. The van der Waals surface area contributed by atoms with Crippen LogP contribution in [0.1, 0.15) is 81.9 Å². The molecule has 0 radical (unpaired) electrons. The maximum Gasteiger partial charge on any atom is 0.333 e. The molecule has 0 heterocycles. The lowest BCUT2D eigenvalue weighted by molar-refractivity contribution is -0.140. The Balaban J connectivity index is 2.09. The second-order valence-corrected chi connectivity index (χ2v) is 12.2. The van der Waals surface area contributed by atoms with E-state index in [4.69, 9.17) is 23.7 Å². The van der Waals surface area contributed by atoms with Crippen molar-refractivity contribution in [2.45, 2.75) is 78.1 Å². The van der Waals surface area contributed by atoms with Crippen LogP contribution in [0.3, 0.4) is 0 Å². The van der Waals surface area contributed by atoms with E-state index in [0.29, 0.717) is 47.8 Å². The minimum atomic E-state index is -0.522. The summed E-state index contributed by atoms with van der Waals surface area (Å²) in [5, 5.41) is 9.77. The first kappa shape index (κ1) is 38.1. The van der Waals surface area contributed by atoms with Gasteiger partial charge in [0.2, 0.25) is 0 Å². The Bertz CT molecular complexity index is 1450. The molecule has 2 aromatic carbocycles. The summed E-state index contributed by atoms with van der Waals surface area (Å²) >= 11 is 0. The standard InChI is InChI=1S/C39H50O9/c1-26(2)37(41)46-20-18-32-34(31-16-14-30(15-17-31)29-11-8-7-9-12-29)25-35(44-21-23-47-38(42)27(3)4)33(13-10-19-40)36(32)45-22-24-48-39(43)28(5)6/h14-17,25,29,40H,1,3,5,7-13,18-24H2,2,4,6H3. The van der Waals surface area contributed by atoms with Gasteiger partial charge in [-0.2, -0.15) is 0 Å². The molecule has 0 aromatic heterocycles. The number of benzene rings is 2.